The molecule has 1 atom stereocenters. The molecular weight excluding hydrogens is 293 g/mol. The molecule has 2 aromatic rings. The van der Waals surface area contributed by atoms with Gasteiger partial charge in [0.2, 0.25) is 0 Å². The summed E-state index contributed by atoms with van der Waals surface area (Å²) in [7, 11) is 0. The van der Waals surface area contributed by atoms with Crippen molar-refractivity contribution < 1.29 is 19.0 Å². The fourth-order valence-corrected chi connectivity index (χ4v) is 2.46. The van der Waals surface area contributed by atoms with E-state index < -0.39 is 5.60 Å². The molecule has 6 heteroatoms. The summed E-state index contributed by atoms with van der Waals surface area (Å²) < 4.78 is 17.9. The van der Waals surface area contributed by atoms with E-state index in [9.17, 15) is 14.3 Å². The third kappa shape index (κ3) is 4.54. The highest BCUT2D eigenvalue weighted by molar-refractivity contribution is 7.10. The van der Waals surface area contributed by atoms with Gasteiger partial charge in [0.1, 0.15) is 17.2 Å². The first-order valence-corrected chi connectivity index (χ1v) is 7.27. The standard InChI is InChI=1S/C15H16FNO3S/c1-15(19,13-3-2-8-21-13)10-17-14(18)9-20-12-6-4-11(16)5-7-12/h2-8,19H,9-10H2,1H3,(H,17,18). The molecule has 0 saturated carbocycles. The lowest BCUT2D eigenvalue weighted by molar-refractivity contribution is -0.124. The van der Waals surface area contributed by atoms with Gasteiger partial charge in [0, 0.05) is 4.88 Å². The topological polar surface area (TPSA) is 58.6 Å². The van der Waals surface area contributed by atoms with E-state index in [1.54, 1.807) is 6.92 Å². The highest BCUT2D eigenvalue weighted by atomic mass is 32.1. The average molecular weight is 309 g/mol. The Morgan fingerprint density at radius 3 is 2.71 bits per heavy atom. The molecule has 4 nitrogen and oxygen atoms in total. The number of hydrogen-bond acceptors (Lipinski definition) is 4. The number of amides is 1. The summed E-state index contributed by atoms with van der Waals surface area (Å²) in [6.45, 7) is 1.55. The van der Waals surface area contributed by atoms with Crippen molar-refractivity contribution in [1.29, 1.82) is 0 Å². The second-order valence-corrected chi connectivity index (χ2v) is 5.72. The van der Waals surface area contributed by atoms with Crippen molar-refractivity contribution in [2.24, 2.45) is 0 Å². The Labute approximate surface area is 126 Å². The van der Waals surface area contributed by atoms with Crippen LogP contribution in [-0.2, 0) is 10.4 Å². The summed E-state index contributed by atoms with van der Waals surface area (Å²) in [5.74, 6) is -0.300. The Morgan fingerprint density at radius 2 is 2.10 bits per heavy atom. The fourth-order valence-electron chi connectivity index (χ4n) is 1.67. The molecule has 2 N–H and O–H groups in total. The second-order valence-electron chi connectivity index (χ2n) is 4.77. The van der Waals surface area contributed by atoms with Crippen molar-refractivity contribution in [1.82, 2.24) is 5.32 Å². The molecule has 0 spiro atoms. The molecule has 0 aliphatic rings. The normalized spacial score (nSPS) is 13.5. The SMILES string of the molecule is CC(O)(CNC(=O)COc1ccc(F)cc1)c1cccs1. The van der Waals surface area contributed by atoms with Crippen LogP contribution in [-0.4, -0.2) is 24.2 Å². The van der Waals surface area contributed by atoms with Gasteiger partial charge in [0.15, 0.2) is 6.61 Å². The number of thiophene rings is 1. The van der Waals surface area contributed by atoms with Crippen LogP contribution in [0.25, 0.3) is 0 Å². The molecule has 1 heterocycles. The number of carbonyl (C=O) groups is 1. The minimum absolute atomic E-state index is 0.0964. The van der Waals surface area contributed by atoms with Crippen molar-refractivity contribution in [3.05, 3.63) is 52.5 Å². The minimum atomic E-state index is -1.11. The number of carbonyl (C=O) groups excluding carboxylic acids is 1. The first kappa shape index (κ1) is 15.5. The summed E-state index contributed by atoms with van der Waals surface area (Å²) >= 11 is 1.43. The summed E-state index contributed by atoms with van der Waals surface area (Å²) in [5, 5.41) is 14.7. The van der Waals surface area contributed by atoms with Crippen LogP contribution >= 0.6 is 11.3 Å². The molecule has 1 amide bonds. The van der Waals surface area contributed by atoms with Gasteiger partial charge in [-0.15, -0.1) is 11.3 Å². The highest BCUT2D eigenvalue weighted by Crippen LogP contribution is 2.24. The molecule has 0 bridgehead atoms. The molecule has 0 saturated heterocycles. The summed E-state index contributed by atoms with van der Waals surface area (Å²) in [6.07, 6.45) is 0. The molecule has 0 fully saturated rings. The molecule has 0 aliphatic heterocycles. The van der Waals surface area contributed by atoms with Gasteiger partial charge in [-0.1, -0.05) is 6.07 Å². The maximum absolute atomic E-state index is 12.7. The third-order valence-corrected chi connectivity index (χ3v) is 3.99. The van der Waals surface area contributed by atoms with Crippen LogP contribution < -0.4 is 10.1 Å². The van der Waals surface area contributed by atoms with E-state index in [1.165, 1.54) is 35.6 Å². The van der Waals surface area contributed by atoms with E-state index >= 15 is 0 Å². The van der Waals surface area contributed by atoms with Crippen molar-refractivity contribution in [3.8, 4) is 5.75 Å². The molecule has 2 rings (SSSR count). The lowest BCUT2D eigenvalue weighted by atomic mass is 10.1. The van der Waals surface area contributed by atoms with Gasteiger partial charge in [-0.3, -0.25) is 4.79 Å². The van der Waals surface area contributed by atoms with E-state index in [1.807, 2.05) is 17.5 Å². The van der Waals surface area contributed by atoms with Gasteiger partial charge < -0.3 is 15.2 Å². The van der Waals surface area contributed by atoms with Crippen molar-refractivity contribution in [2.75, 3.05) is 13.2 Å². The van der Waals surface area contributed by atoms with Crippen LogP contribution in [0, 0.1) is 5.82 Å². The fraction of sp³-hybridized carbons (Fsp3) is 0.267. The predicted molar refractivity (Wildman–Crippen MR) is 78.8 cm³/mol. The first-order chi connectivity index (χ1) is 9.97. The zero-order valence-electron chi connectivity index (χ0n) is 11.5. The van der Waals surface area contributed by atoms with E-state index in [2.05, 4.69) is 5.32 Å². The van der Waals surface area contributed by atoms with Crippen molar-refractivity contribution >= 4 is 17.2 Å². The monoisotopic (exact) mass is 309 g/mol. The highest BCUT2D eigenvalue weighted by Gasteiger charge is 2.24. The van der Waals surface area contributed by atoms with Gasteiger partial charge in [-0.2, -0.15) is 0 Å². The quantitative estimate of drug-likeness (QED) is 0.861. The predicted octanol–water partition coefficient (Wildman–Crippen LogP) is 2.29. The molecule has 1 aromatic heterocycles. The number of aliphatic hydroxyl groups is 1. The van der Waals surface area contributed by atoms with E-state index in [0.717, 1.165) is 4.88 Å². The van der Waals surface area contributed by atoms with Crippen LogP contribution in [0.2, 0.25) is 0 Å². The summed E-state index contributed by atoms with van der Waals surface area (Å²) in [5.41, 5.74) is -1.11. The summed E-state index contributed by atoms with van der Waals surface area (Å²) in [4.78, 5) is 12.5. The van der Waals surface area contributed by atoms with Crippen LogP contribution in [0.1, 0.15) is 11.8 Å². The maximum atomic E-state index is 12.7. The van der Waals surface area contributed by atoms with Crippen LogP contribution in [0.15, 0.2) is 41.8 Å². The number of halogens is 1. The van der Waals surface area contributed by atoms with Crippen LogP contribution in [0.5, 0.6) is 5.75 Å². The molecule has 21 heavy (non-hydrogen) atoms. The molecule has 1 unspecified atom stereocenters. The largest absolute Gasteiger partial charge is 0.484 e. The lowest BCUT2D eigenvalue weighted by Crippen LogP contribution is -2.40. The Morgan fingerprint density at radius 1 is 1.38 bits per heavy atom. The Balaban J connectivity index is 1.78. The number of nitrogens with one attached hydrogen (secondary N) is 1. The smallest absolute Gasteiger partial charge is 0.258 e. The lowest BCUT2D eigenvalue weighted by Gasteiger charge is -2.22. The van der Waals surface area contributed by atoms with E-state index in [-0.39, 0.29) is 24.9 Å². The Kier molecular flexibility index (Phi) is 4.93. The first-order valence-electron chi connectivity index (χ1n) is 6.39. The average Bonchev–Trinajstić information content (AvgIpc) is 3.00. The van der Waals surface area contributed by atoms with Gasteiger partial charge in [-0.05, 0) is 42.6 Å². The summed E-state index contributed by atoms with van der Waals surface area (Å²) in [6, 6.07) is 9.07. The molecule has 0 radical (unpaired) electrons. The van der Waals surface area contributed by atoms with Gasteiger partial charge >= 0.3 is 0 Å². The maximum Gasteiger partial charge on any atom is 0.258 e. The Bertz CT molecular complexity index is 581. The Hall–Kier alpha value is -1.92. The molecule has 0 aliphatic carbocycles. The second kappa shape index (κ2) is 6.69. The van der Waals surface area contributed by atoms with Crippen molar-refractivity contribution in [3.63, 3.8) is 0 Å². The van der Waals surface area contributed by atoms with E-state index in [0.29, 0.717) is 5.75 Å². The van der Waals surface area contributed by atoms with Gasteiger partial charge in [-0.25, -0.2) is 4.39 Å². The van der Waals surface area contributed by atoms with Gasteiger partial charge in [0.05, 0.1) is 6.54 Å². The molecular formula is C15H16FNO3S. The number of ether oxygens (including phenoxy) is 1. The van der Waals surface area contributed by atoms with E-state index in [4.69, 9.17) is 4.74 Å². The molecule has 1 aromatic carbocycles. The number of rotatable bonds is 6. The zero-order chi connectivity index (χ0) is 15.3. The van der Waals surface area contributed by atoms with Crippen LogP contribution in [0.3, 0.4) is 0 Å². The molecule has 112 valence electrons. The third-order valence-electron chi connectivity index (χ3n) is 2.87. The van der Waals surface area contributed by atoms with Crippen LogP contribution in [0.4, 0.5) is 4.39 Å². The minimum Gasteiger partial charge on any atom is -0.484 e. The van der Waals surface area contributed by atoms with Crippen molar-refractivity contribution in [2.45, 2.75) is 12.5 Å². The van der Waals surface area contributed by atoms with Gasteiger partial charge in [0.25, 0.3) is 5.91 Å². The number of hydrogen-bond donors (Lipinski definition) is 2. The number of benzene rings is 1. The zero-order valence-corrected chi connectivity index (χ0v) is 12.3.